The molecule has 1 aromatic rings. The number of likely N-dealkylation sites (N-methyl/N-ethyl adjacent to an activating group) is 1. The standard InChI is InChI=1S/C16H27ClN4O/c1-12(2)21-14(17)10-18-15(21)7-8-16(22)20-9-5-6-13(11-20)19(3)4/h10,12-13H,5-9,11H2,1-4H3/t13-/m1/s1. The van der Waals surface area contributed by atoms with Crippen LogP contribution >= 0.6 is 11.6 Å². The van der Waals surface area contributed by atoms with Crippen molar-refractivity contribution in [2.24, 2.45) is 0 Å². The highest BCUT2D eigenvalue weighted by Crippen LogP contribution is 2.20. The number of piperidine rings is 1. The van der Waals surface area contributed by atoms with E-state index >= 15 is 0 Å². The highest BCUT2D eigenvalue weighted by molar-refractivity contribution is 6.29. The van der Waals surface area contributed by atoms with Crippen LogP contribution in [0.2, 0.25) is 5.15 Å². The molecule has 5 nitrogen and oxygen atoms in total. The largest absolute Gasteiger partial charge is 0.341 e. The second-order valence-corrected chi connectivity index (χ2v) is 6.95. The maximum atomic E-state index is 12.5. The molecule has 1 amide bonds. The molecule has 1 aromatic heterocycles. The molecule has 1 aliphatic rings. The Morgan fingerprint density at radius 3 is 2.86 bits per heavy atom. The average molecular weight is 327 g/mol. The van der Waals surface area contributed by atoms with Gasteiger partial charge in [0, 0.05) is 38.0 Å². The number of likely N-dealkylation sites (tertiary alicyclic amines) is 1. The molecule has 0 aromatic carbocycles. The summed E-state index contributed by atoms with van der Waals surface area (Å²) in [7, 11) is 4.17. The van der Waals surface area contributed by atoms with Gasteiger partial charge in [0.05, 0.1) is 6.20 Å². The number of aryl methyl sites for hydroxylation is 1. The maximum absolute atomic E-state index is 12.5. The van der Waals surface area contributed by atoms with E-state index < -0.39 is 0 Å². The topological polar surface area (TPSA) is 41.4 Å². The predicted molar refractivity (Wildman–Crippen MR) is 89.2 cm³/mol. The summed E-state index contributed by atoms with van der Waals surface area (Å²) < 4.78 is 1.99. The predicted octanol–water partition coefficient (Wildman–Crippen LogP) is 2.60. The number of rotatable bonds is 5. The van der Waals surface area contributed by atoms with Gasteiger partial charge >= 0.3 is 0 Å². The van der Waals surface area contributed by atoms with Crippen LogP contribution in [0.15, 0.2) is 6.20 Å². The fourth-order valence-electron chi connectivity index (χ4n) is 3.08. The lowest BCUT2D eigenvalue weighted by Crippen LogP contribution is -2.47. The van der Waals surface area contributed by atoms with Gasteiger partial charge in [0.2, 0.25) is 5.91 Å². The number of nitrogens with zero attached hydrogens (tertiary/aromatic N) is 4. The van der Waals surface area contributed by atoms with Crippen LogP contribution in [-0.4, -0.2) is 58.5 Å². The molecule has 2 heterocycles. The monoisotopic (exact) mass is 326 g/mol. The second kappa shape index (κ2) is 7.47. The maximum Gasteiger partial charge on any atom is 0.223 e. The summed E-state index contributed by atoms with van der Waals surface area (Å²) in [6.45, 7) is 5.87. The van der Waals surface area contributed by atoms with Gasteiger partial charge in [0.15, 0.2) is 0 Å². The number of imidazole rings is 1. The summed E-state index contributed by atoms with van der Waals surface area (Å²) in [6, 6.07) is 0.734. The summed E-state index contributed by atoms with van der Waals surface area (Å²) in [5, 5.41) is 0.642. The molecule has 1 aliphatic heterocycles. The van der Waals surface area contributed by atoms with E-state index in [1.165, 1.54) is 6.42 Å². The molecule has 0 spiro atoms. The van der Waals surface area contributed by atoms with E-state index in [-0.39, 0.29) is 11.9 Å². The number of halogens is 1. The Kier molecular flexibility index (Phi) is 5.87. The van der Waals surface area contributed by atoms with E-state index in [4.69, 9.17) is 11.6 Å². The van der Waals surface area contributed by atoms with Gasteiger partial charge in [0.1, 0.15) is 11.0 Å². The first kappa shape index (κ1) is 17.3. The summed E-state index contributed by atoms with van der Waals surface area (Å²) in [5.41, 5.74) is 0. The highest BCUT2D eigenvalue weighted by Gasteiger charge is 2.25. The minimum absolute atomic E-state index is 0.223. The van der Waals surface area contributed by atoms with Gasteiger partial charge in [-0.2, -0.15) is 0 Å². The normalized spacial score (nSPS) is 19.2. The van der Waals surface area contributed by atoms with Crippen molar-refractivity contribution < 1.29 is 4.79 Å². The average Bonchev–Trinajstić information content (AvgIpc) is 2.86. The zero-order valence-corrected chi connectivity index (χ0v) is 14.8. The van der Waals surface area contributed by atoms with Gasteiger partial charge in [-0.15, -0.1) is 0 Å². The van der Waals surface area contributed by atoms with Crippen LogP contribution in [0, 0.1) is 0 Å². The number of hydrogen-bond donors (Lipinski definition) is 0. The van der Waals surface area contributed by atoms with Gasteiger partial charge in [-0.3, -0.25) is 4.79 Å². The van der Waals surface area contributed by atoms with Crippen molar-refractivity contribution in [3.8, 4) is 0 Å². The Labute approximate surface area is 138 Å². The molecule has 2 rings (SSSR count). The molecule has 0 radical (unpaired) electrons. The Hall–Kier alpha value is -1.07. The highest BCUT2D eigenvalue weighted by atomic mass is 35.5. The molecule has 6 heteroatoms. The van der Waals surface area contributed by atoms with Crippen LogP contribution in [0.25, 0.3) is 0 Å². The van der Waals surface area contributed by atoms with Crippen molar-refractivity contribution in [3.63, 3.8) is 0 Å². The van der Waals surface area contributed by atoms with Crippen molar-refractivity contribution in [1.29, 1.82) is 0 Å². The quantitative estimate of drug-likeness (QED) is 0.835. The summed E-state index contributed by atoms with van der Waals surface area (Å²) in [5.74, 6) is 1.12. The first-order valence-corrected chi connectivity index (χ1v) is 8.43. The third kappa shape index (κ3) is 4.02. The fourth-order valence-corrected chi connectivity index (χ4v) is 3.43. The van der Waals surface area contributed by atoms with Crippen molar-refractivity contribution in [3.05, 3.63) is 17.2 Å². The van der Waals surface area contributed by atoms with Crippen LogP contribution in [0.3, 0.4) is 0 Å². The molecule has 0 N–H and O–H groups in total. The lowest BCUT2D eigenvalue weighted by atomic mass is 10.0. The number of aromatic nitrogens is 2. The van der Waals surface area contributed by atoms with E-state index in [0.717, 1.165) is 25.3 Å². The third-order valence-electron chi connectivity index (χ3n) is 4.39. The third-order valence-corrected chi connectivity index (χ3v) is 4.67. The Balaban J connectivity index is 1.93. The van der Waals surface area contributed by atoms with Crippen molar-refractivity contribution >= 4 is 17.5 Å². The van der Waals surface area contributed by atoms with E-state index in [0.29, 0.717) is 24.0 Å². The molecule has 0 saturated carbocycles. The lowest BCUT2D eigenvalue weighted by Gasteiger charge is -2.36. The van der Waals surface area contributed by atoms with Crippen LogP contribution < -0.4 is 0 Å². The minimum Gasteiger partial charge on any atom is -0.341 e. The van der Waals surface area contributed by atoms with Crippen LogP contribution in [-0.2, 0) is 11.2 Å². The molecular weight excluding hydrogens is 300 g/mol. The van der Waals surface area contributed by atoms with E-state index in [2.05, 4.69) is 37.8 Å². The number of amides is 1. The molecule has 0 unspecified atom stereocenters. The van der Waals surface area contributed by atoms with Crippen LogP contribution in [0.5, 0.6) is 0 Å². The molecule has 1 saturated heterocycles. The second-order valence-electron chi connectivity index (χ2n) is 6.56. The van der Waals surface area contributed by atoms with Gasteiger partial charge < -0.3 is 14.4 Å². The van der Waals surface area contributed by atoms with E-state index in [1.54, 1.807) is 6.20 Å². The van der Waals surface area contributed by atoms with Gasteiger partial charge in [-0.1, -0.05) is 11.6 Å². The molecule has 1 fully saturated rings. The first-order chi connectivity index (χ1) is 10.4. The SMILES string of the molecule is CC(C)n1c(Cl)cnc1CCC(=O)N1CCC[C@@H](N(C)C)C1. The van der Waals surface area contributed by atoms with Crippen LogP contribution in [0.1, 0.15) is 45.0 Å². The lowest BCUT2D eigenvalue weighted by molar-refractivity contribution is -0.133. The molecule has 0 bridgehead atoms. The fraction of sp³-hybridized carbons (Fsp3) is 0.750. The van der Waals surface area contributed by atoms with E-state index in [9.17, 15) is 4.79 Å². The summed E-state index contributed by atoms with van der Waals surface area (Å²) in [6.07, 6.45) is 5.07. The molecule has 0 aliphatic carbocycles. The van der Waals surface area contributed by atoms with Crippen molar-refractivity contribution in [1.82, 2.24) is 19.4 Å². The molecule has 22 heavy (non-hydrogen) atoms. The molecule has 124 valence electrons. The smallest absolute Gasteiger partial charge is 0.223 e. The number of carbonyl (C=O) groups excluding carboxylic acids is 1. The summed E-state index contributed by atoms with van der Waals surface area (Å²) in [4.78, 5) is 21.0. The van der Waals surface area contributed by atoms with E-state index in [1.807, 2.05) is 9.47 Å². The summed E-state index contributed by atoms with van der Waals surface area (Å²) >= 11 is 6.16. The minimum atomic E-state index is 0.223. The van der Waals surface area contributed by atoms with Gasteiger partial charge in [-0.05, 0) is 40.8 Å². The number of carbonyl (C=O) groups is 1. The first-order valence-electron chi connectivity index (χ1n) is 8.06. The molecular formula is C16H27ClN4O. The zero-order valence-electron chi connectivity index (χ0n) is 14.0. The van der Waals surface area contributed by atoms with Gasteiger partial charge in [0.25, 0.3) is 0 Å². The van der Waals surface area contributed by atoms with Crippen molar-refractivity contribution in [2.75, 3.05) is 27.2 Å². The zero-order chi connectivity index (χ0) is 16.3. The van der Waals surface area contributed by atoms with Gasteiger partial charge in [-0.25, -0.2) is 4.98 Å². The van der Waals surface area contributed by atoms with Crippen molar-refractivity contribution in [2.45, 2.75) is 51.6 Å². The Morgan fingerprint density at radius 1 is 1.50 bits per heavy atom. The Morgan fingerprint density at radius 2 is 2.23 bits per heavy atom. The number of hydrogen-bond acceptors (Lipinski definition) is 3. The molecule has 1 atom stereocenters. The Bertz CT molecular complexity index is 512. The van der Waals surface area contributed by atoms with Crippen LogP contribution in [0.4, 0.5) is 0 Å².